The number of amides is 1. The summed E-state index contributed by atoms with van der Waals surface area (Å²) in [5, 5.41) is 2.67. The van der Waals surface area contributed by atoms with Gasteiger partial charge in [-0.15, -0.1) is 23.2 Å². The number of nitrogens with zero attached hydrogens (tertiary/aromatic N) is 1. The molecule has 0 bridgehead atoms. The van der Waals surface area contributed by atoms with Gasteiger partial charge in [0.25, 0.3) is 0 Å². The summed E-state index contributed by atoms with van der Waals surface area (Å²) < 4.78 is 22.6. The molecule has 10 nitrogen and oxygen atoms in total. The Morgan fingerprint density at radius 1 is 0.569 bits per heavy atom. The molecule has 1 unspecified atom stereocenters. The lowest BCUT2D eigenvalue weighted by Crippen LogP contribution is -2.47. The van der Waals surface area contributed by atoms with Gasteiger partial charge in [0.05, 0.1) is 0 Å². The Balaban J connectivity index is 2.82. The van der Waals surface area contributed by atoms with Crippen LogP contribution in [0.4, 0.5) is 10.5 Å². The Hall–Kier alpha value is -2.72. The van der Waals surface area contributed by atoms with Gasteiger partial charge in [-0.3, -0.25) is 9.59 Å². The first-order valence-electron chi connectivity index (χ1n) is 25.9. The SMILES string of the molecule is CCCCCCCCCCCCCCCC(=O)OCC(COC(=O)CCCCCCCCCCCCCCC)OC(=O)C(Cc1ccc(N(CCCl)CCCl)cc1)NC(=O)OC(C)(C)C. The summed E-state index contributed by atoms with van der Waals surface area (Å²) in [5.74, 6) is -0.675. The van der Waals surface area contributed by atoms with Crippen LogP contribution < -0.4 is 10.2 Å². The minimum atomic E-state index is -1.15. The number of anilines is 1. The van der Waals surface area contributed by atoms with Crippen molar-refractivity contribution in [3.8, 4) is 0 Å². The predicted molar refractivity (Wildman–Crippen MR) is 269 cm³/mol. The molecule has 12 heteroatoms. The third kappa shape index (κ3) is 35.1. The van der Waals surface area contributed by atoms with Crippen molar-refractivity contribution in [2.24, 2.45) is 0 Å². The number of benzene rings is 1. The monoisotopic (exact) mass is 955 g/mol. The van der Waals surface area contributed by atoms with Crippen LogP contribution in [0.15, 0.2) is 24.3 Å². The fourth-order valence-electron chi connectivity index (χ4n) is 7.75. The number of hydrogen-bond donors (Lipinski definition) is 1. The molecule has 0 aliphatic carbocycles. The normalized spacial score (nSPS) is 11.9. The molecular weight excluding hydrogens is 863 g/mol. The van der Waals surface area contributed by atoms with Crippen LogP contribution in [0.25, 0.3) is 0 Å². The molecule has 0 saturated carbocycles. The highest BCUT2D eigenvalue weighted by molar-refractivity contribution is 6.18. The summed E-state index contributed by atoms with van der Waals surface area (Å²) in [6.07, 6.45) is 30.1. The maximum atomic E-state index is 13.9. The Labute approximate surface area is 406 Å². The van der Waals surface area contributed by atoms with E-state index in [-0.39, 0.29) is 32.5 Å². The standard InChI is InChI=1S/C53H92Cl2N2O8/c1-6-8-10-12-14-16-18-20-22-24-26-28-30-32-49(58)62-43-47(44-63-50(59)33-31-29-27-25-23-21-19-17-15-13-11-9-7-2)64-51(60)48(56-52(61)65-53(3,4)5)42-45-34-36-46(37-35-45)57(40-38-54)41-39-55/h34-37,47-48H,6-33,38-44H2,1-5H3,(H,56,61). The number of alkyl carbamates (subject to hydrolysis) is 1. The smallest absolute Gasteiger partial charge is 0.408 e. The van der Waals surface area contributed by atoms with E-state index >= 15 is 0 Å². The highest BCUT2D eigenvalue weighted by Crippen LogP contribution is 2.19. The molecule has 0 aromatic heterocycles. The van der Waals surface area contributed by atoms with Gasteiger partial charge >= 0.3 is 24.0 Å². The first-order chi connectivity index (χ1) is 31.4. The van der Waals surface area contributed by atoms with Crippen molar-refractivity contribution >= 4 is 52.9 Å². The van der Waals surface area contributed by atoms with Gasteiger partial charge in [0, 0.05) is 49.8 Å². The largest absolute Gasteiger partial charge is 0.462 e. The summed E-state index contributed by atoms with van der Waals surface area (Å²) in [4.78, 5) is 54.7. The van der Waals surface area contributed by atoms with Gasteiger partial charge in [-0.1, -0.05) is 180 Å². The maximum absolute atomic E-state index is 13.9. The second-order valence-electron chi connectivity index (χ2n) is 18.8. The van der Waals surface area contributed by atoms with Crippen molar-refractivity contribution in [2.45, 2.75) is 239 Å². The van der Waals surface area contributed by atoms with E-state index in [1.165, 1.54) is 116 Å². The molecule has 1 aromatic carbocycles. The van der Waals surface area contributed by atoms with Crippen molar-refractivity contribution in [2.75, 3.05) is 43.0 Å². The lowest BCUT2D eigenvalue weighted by atomic mass is 10.0. The zero-order valence-corrected chi connectivity index (χ0v) is 43.2. The summed E-state index contributed by atoms with van der Waals surface area (Å²) in [6, 6.07) is 6.43. The number of alkyl halides is 2. The molecule has 0 aliphatic heterocycles. The van der Waals surface area contributed by atoms with Crippen molar-refractivity contribution in [1.29, 1.82) is 0 Å². The van der Waals surface area contributed by atoms with E-state index in [4.69, 9.17) is 42.1 Å². The Kier molecular flexibility index (Phi) is 37.4. The quantitative estimate of drug-likeness (QED) is 0.0295. The van der Waals surface area contributed by atoms with E-state index in [2.05, 4.69) is 24.1 Å². The average Bonchev–Trinajstić information content (AvgIpc) is 3.27. The second kappa shape index (κ2) is 40.4. The van der Waals surface area contributed by atoms with Crippen molar-refractivity contribution in [3.05, 3.63) is 29.8 Å². The van der Waals surface area contributed by atoms with Gasteiger partial charge in [-0.2, -0.15) is 0 Å². The van der Waals surface area contributed by atoms with Crippen molar-refractivity contribution < 1.29 is 38.1 Å². The molecule has 0 saturated heterocycles. The zero-order chi connectivity index (χ0) is 47.8. The number of carbonyl (C=O) groups is 4. The summed E-state index contributed by atoms with van der Waals surface area (Å²) >= 11 is 12.0. The molecule has 1 rings (SSSR count). The lowest BCUT2D eigenvalue weighted by Gasteiger charge is -2.25. The maximum Gasteiger partial charge on any atom is 0.408 e. The van der Waals surface area contributed by atoms with Gasteiger partial charge < -0.3 is 29.2 Å². The predicted octanol–water partition coefficient (Wildman–Crippen LogP) is 14.4. The molecular formula is C53H92Cl2N2O8. The molecule has 65 heavy (non-hydrogen) atoms. The molecule has 0 spiro atoms. The number of carbonyl (C=O) groups excluding carboxylic acids is 4. The minimum absolute atomic E-state index is 0.0910. The number of esters is 3. The fourth-order valence-corrected chi connectivity index (χ4v) is 8.16. The summed E-state index contributed by atoms with van der Waals surface area (Å²) in [7, 11) is 0. The molecule has 0 heterocycles. The van der Waals surface area contributed by atoms with E-state index in [9.17, 15) is 19.2 Å². The number of unbranched alkanes of at least 4 members (excludes halogenated alkanes) is 24. The molecule has 0 aliphatic rings. The number of halogens is 2. The Morgan fingerprint density at radius 3 is 1.29 bits per heavy atom. The van der Waals surface area contributed by atoms with Gasteiger partial charge in [0.15, 0.2) is 6.10 Å². The summed E-state index contributed by atoms with van der Waals surface area (Å²) in [6.45, 7) is 10.4. The van der Waals surface area contributed by atoms with Crippen LogP contribution in [0.2, 0.25) is 0 Å². The van der Waals surface area contributed by atoms with Crippen LogP contribution >= 0.6 is 23.2 Å². The van der Waals surface area contributed by atoms with Gasteiger partial charge in [0.1, 0.15) is 24.9 Å². The van der Waals surface area contributed by atoms with Crippen LogP contribution in [-0.2, 0) is 39.8 Å². The third-order valence-corrected chi connectivity index (χ3v) is 11.9. The lowest BCUT2D eigenvalue weighted by molar-refractivity contribution is -0.168. The highest BCUT2D eigenvalue weighted by Gasteiger charge is 2.29. The molecule has 1 N–H and O–H groups in total. The van der Waals surface area contributed by atoms with Gasteiger partial charge in [0.2, 0.25) is 0 Å². The Morgan fingerprint density at radius 2 is 0.938 bits per heavy atom. The van der Waals surface area contributed by atoms with E-state index in [1.54, 1.807) is 20.8 Å². The topological polar surface area (TPSA) is 120 Å². The first-order valence-corrected chi connectivity index (χ1v) is 27.0. The molecule has 1 amide bonds. The number of hydrogen-bond acceptors (Lipinski definition) is 9. The molecule has 1 atom stereocenters. The number of nitrogens with one attached hydrogen (secondary N) is 1. The summed E-state index contributed by atoms with van der Waals surface area (Å²) in [5.41, 5.74) is 0.879. The van der Waals surface area contributed by atoms with Gasteiger partial charge in [-0.05, 0) is 51.3 Å². The van der Waals surface area contributed by atoms with Crippen LogP contribution in [0.5, 0.6) is 0 Å². The Bertz CT molecular complexity index is 1290. The first kappa shape index (κ1) is 60.3. The number of ether oxygens (including phenoxy) is 4. The number of rotatable bonds is 42. The molecule has 1 aromatic rings. The van der Waals surface area contributed by atoms with Crippen LogP contribution in [-0.4, -0.2) is 79.8 Å². The third-order valence-electron chi connectivity index (χ3n) is 11.5. The highest BCUT2D eigenvalue weighted by atomic mass is 35.5. The van der Waals surface area contributed by atoms with Crippen molar-refractivity contribution in [1.82, 2.24) is 5.32 Å². The molecule has 376 valence electrons. The second-order valence-corrected chi connectivity index (χ2v) is 19.6. The fraction of sp³-hybridized carbons (Fsp3) is 0.811. The van der Waals surface area contributed by atoms with Crippen LogP contribution in [0.3, 0.4) is 0 Å². The van der Waals surface area contributed by atoms with Crippen molar-refractivity contribution in [3.63, 3.8) is 0 Å². The van der Waals surface area contributed by atoms with Gasteiger partial charge in [-0.25, -0.2) is 9.59 Å². The van der Waals surface area contributed by atoms with Crippen LogP contribution in [0.1, 0.15) is 220 Å². The molecule has 0 fully saturated rings. The molecule has 0 radical (unpaired) electrons. The van der Waals surface area contributed by atoms with E-state index in [0.717, 1.165) is 49.8 Å². The minimum Gasteiger partial charge on any atom is -0.462 e. The van der Waals surface area contributed by atoms with E-state index in [0.29, 0.717) is 37.7 Å². The average molecular weight is 956 g/mol. The van der Waals surface area contributed by atoms with E-state index < -0.39 is 41.7 Å². The van der Waals surface area contributed by atoms with Crippen LogP contribution in [0, 0.1) is 0 Å². The van der Waals surface area contributed by atoms with E-state index in [1.807, 2.05) is 24.3 Å². The zero-order valence-electron chi connectivity index (χ0n) is 41.7.